The van der Waals surface area contributed by atoms with Crippen LogP contribution in [-0.2, 0) is 11.2 Å². The van der Waals surface area contributed by atoms with Crippen molar-refractivity contribution in [2.75, 3.05) is 6.54 Å². The molecule has 4 heterocycles. The lowest BCUT2D eigenvalue weighted by Crippen LogP contribution is -2.52. The Kier molecular flexibility index (Phi) is 6.30. The predicted octanol–water partition coefficient (Wildman–Crippen LogP) is 4.68. The zero-order chi connectivity index (χ0) is 25.5. The zero-order valence-electron chi connectivity index (χ0n) is 21.9. The Morgan fingerprint density at radius 1 is 1.22 bits per heavy atom. The molecule has 1 amide bonds. The molecule has 0 spiro atoms. The second kappa shape index (κ2) is 9.29. The number of aromatic amines is 1. The summed E-state index contributed by atoms with van der Waals surface area (Å²) in [4.78, 5) is 28.8. The lowest BCUT2D eigenvalue weighted by atomic mass is 9.80. The van der Waals surface area contributed by atoms with E-state index in [0.717, 1.165) is 30.0 Å². The van der Waals surface area contributed by atoms with Crippen LogP contribution in [0.15, 0.2) is 24.7 Å². The highest BCUT2D eigenvalue weighted by Gasteiger charge is 2.38. The van der Waals surface area contributed by atoms with Gasteiger partial charge in [-0.05, 0) is 64.0 Å². The van der Waals surface area contributed by atoms with Crippen LogP contribution in [0, 0.1) is 5.41 Å². The van der Waals surface area contributed by atoms with E-state index in [9.17, 15) is 4.79 Å². The van der Waals surface area contributed by atoms with Crippen molar-refractivity contribution in [2.45, 2.75) is 90.7 Å². The van der Waals surface area contributed by atoms with Gasteiger partial charge in [-0.2, -0.15) is 5.10 Å². The van der Waals surface area contributed by atoms with E-state index in [4.69, 9.17) is 14.8 Å². The van der Waals surface area contributed by atoms with Crippen LogP contribution >= 0.6 is 0 Å². The molecule has 3 aromatic rings. The molecule has 0 bridgehead atoms. The molecule has 10 nitrogen and oxygen atoms in total. The second-order valence-electron chi connectivity index (χ2n) is 11.8. The summed E-state index contributed by atoms with van der Waals surface area (Å²) >= 11 is 0. The maximum atomic E-state index is 13.2. The van der Waals surface area contributed by atoms with E-state index in [2.05, 4.69) is 40.1 Å². The summed E-state index contributed by atoms with van der Waals surface area (Å²) in [5.74, 6) is 2.26. The van der Waals surface area contributed by atoms with Gasteiger partial charge in [0.05, 0.1) is 5.69 Å². The molecule has 1 saturated heterocycles. The van der Waals surface area contributed by atoms with Crippen LogP contribution in [0.25, 0.3) is 17.3 Å². The molecule has 1 aliphatic heterocycles. The third kappa shape index (κ3) is 5.27. The van der Waals surface area contributed by atoms with Crippen molar-refractivity contribution in [1.29, 1.82) is 0 Å². The maximum absolute atomic E-state index is 13.2. The molecule has 5 rings (SSSR count). The van der Waals surface area contributed by atoms with Gasteiger partial charge < -0.3 is 9.64 Å². The summed E-state index contributed by atoms with van der Waals surface area (Å²) in [5, 5.41) is 11.6. The molecule has 1 N–H and O–H groups in total. The minimum absolute atomic E-state index is 0.0227. The van der Waals surface area contributed by atoms with Gasteiger partial charge in [0.15, 0.2) is 5.82 Å². The number of likely N-dealkylation sites (tertiary alicyclic amines) is 1. The fourth-order valence-corrected chi connectivity index (χ4v) is 4.93. The number of carbonyl (C=O) groups is 1. The molecule has 3 aromatic heterocycles. The summed E-state index contributed by atoms with van der Waals surface area (Å²) in [5.41, 5.74) is 1.48. The molecule has 10 heteroatoms. The van der Waals surface area contributed by atoms with E-state index in [1.165, 1.54) is 25.6 Å². The van der Waals surface area contributed by atoms with E-state index >= 15 is 0 Å². The number of amides is 1. The predicted molar refractivity (Wildman–Crippen MR) is 135 cm³/mol. The van der Waals surface area contributed by atoms with Crippen molar-refractivity contribution in [3.8, 4) is 17.3 Å². The largest absolute Gasteiger partial charge is 0.444 e. The second-order valence-corrected chi connectivity index (χ2v) is 11.8. The molecule has 36 heavy (non-hydrogen) atoms. The molecule has 2 aliphatic rings. The SMILES string of the molecule is CC1(C)CCC(Cc2nc(-c3ncn[nH]3)nn2-c2ccnc(C3CCC3)c2)N(C(=O)OC(C)(C)C)C1. The quantitative estimate of drug-likeness (QED) is 0.550. The van der Waals surface area contributed by atoms with Gasteiger partial charge in [0.25, 0.3) is 0 Å². The first-order chi connectivity index (χ1) is 17.1. The van der Waals surface area contributed by atoms with Gasteiger partial charge in [0.1, 0.15) is 17.8 Å². The first-order valence-corrected chi connectivity index (χ1v) is 12.9. The van der Waals surface area contributed by atoms with Gasteiger partial charge in [0, 0.05) is 36.8 Å². The smallest absolute Gasteiger partial charge is 0.410 e. The molecule has 1 aliphatic carbocycles. The molecular weight excluding hydrogens is 456 g/mol. The fraction of sp³-hybridized carbons (Fsp3) is 0.615. The Morgan fingerprint density at radius 3 is 2.69 bits per heavy atom. The average Bonchev–Trinajstić information content (AvgIpc) is 3.43. The Hall–Kier alpha value is -3.30. The molecule has 192 valence electrons. The standard InChI is InChI=1S/C26H36N8O2/c1-25(2,3)36-24(35)33-15-26(4,5)11-9-18(33)14-21-30-23(22-28-16-29-31-22)32-34(21)19-10-12-27-20(13-19)17-7-6-8-17/h10,12-13,16-18H,6-9,11,14-15H2,1-5H3,(H,28,29,31). The highest BCUT2D eigenvalue weighted by atomic mass is 16.6. The molecule has 0 aromatic carbocycles. The number of aromatic nitrogens is 7. The van der Waals surface area contributed by atoms with Gasteiger partial charge in [-0.25, -0.2) is 19.4 Å². The monoisotopic (exact) mass is 492 g/mol. The van der Waals surface area contributed by atoms with Crippen LogP contribution in [0.1, 0.15) is 84.2 Å². The molecule has 2 fully saturated rings. The number of piperidine rings is 1. The third-order valence-electron chi connectivity index (χ3n) is 7.07. The van der Waals surface area contributed by atoms with E-state index in [1.54, 1.807) is 0 Å². The van der Waals surface area contributed by atoms with Crippen molar-refractivity contribution in [1.82, 2.24) is 39.8 Å². The molecule has 1 unspecified atom stereocenters. The Bertz CT molecular complexity index is 1210. The minimum Gasteiger partial charge on any atom is -0.444 e. The van der Waals surface area contributed by atoms with E-state index in [1.807, 2.05) is 42.6 Å². The number of nitrogens with one attached hydrogen (secondary N) is 1. The maximum Gasteiger partial charge on any atom is 0.410 e. The lowest BCUT2D eigenvalue weighted by Gasteiger charge is -2.43. The van der Waals surface area contributed by atoms with Crippen LogP contribution in [0.3, 0.4) is 0 Å². The highest BCUT2D eigenvalue weighted by Crippen LogP contribution is 2.36. The molecule has 1 saturated carbocycles. The normalized spacial score (nSPS) is 20.2. The number of ether oxygens (including phenoxy) is 1. The van der Waals surface area contributed by atoms with Crippen LogP contribution in [0.2, 0.25) is 0 Å². The van der Waals surface area contributed by atoms with Crippen LogP contribution in [-0.4, -0.2) is 64.1 Å². The van der Waals surface area contributed by atoms with Gasteiger partial charge in [-0.3, -0.25) is 10.1 Å². The average molecular weight is 493 g/mol. The first kappa shape index (κ1) is 24.4. The van der Waals surface area contributed by atoms with Gasteiger partial charge in [0.2, 0.25) is 5.82 Å². The Balaban J connectivity index is 1.49. The number of H-pyrrole nitrogens is 1. The summed E-state index contributed by atoms with van der Waals surface area (Å²) in [7, 11) is 0. The molecular formula is C26H36N8O2. The third-order valence-corrected chi connectivity index (χ3v) is 7.07. The van der Waals surface area contributed by atoms with Crippen LogP contribution in [0.5, 0.6) is 0 Å². The molecule has 0 radical (unpaired) electrons. The molecule has 1 atom stereocenters. The number of rotatable bonds is 5. The number of hydrogen-bond donors (Lipinski definition) is 1. The van der Waals surface area contributed by atoms with Gasteiger partial charge in [-0.1, -0.05) is 20.3 Å². The van der Waals surface area contributed by atoms with E-state index in [-0.39, 0.29) is 17.6 Å². The minimum atomic E-state index is -0.558. The van der Waals surface area contributed by atoms with Crippen LogP contribution < -0.4 is 0 Å². The Labute approximate surface area is 211 Å². The number of hydrogen-bond acceptors (Lipinski definition) is 7. The van der Waals surface area contributed by atoms with Crippen molar-refractivity contribution in [3.05, 3.63) is 36.2 Å². The van der Waals surface area contributed by atoms with Crippen LogP contribution in [0.4, 0.5) is 4.79 Å². The van der Waals surface area contributed by atoms with Gasteiger partial charge in [-0.15, -0.1) is 5.10 Å². The first-order valence-electron chi connectivity index (χ1n) is 12.9. The summed E-state index contributed by atoms with van der Waals surface area (Å²) in [6.07, 6.45) is 9.04. The zero-order valence-corrected chi connectivity index (χ0v) is 21.9. The van der Waals surface area contributed by atoms with E-state index in [0.29, 0.717) is 30.5 Å². The summed E-state index contributed by atoms with van der Waals surface area (Å²) in [6.45, 7) is 10.7. The van der Waals surface area contributed by atoms with E-state index < -0.39 is 5.60 Å². The highest BCUT2D eigenvalue weighted by molar-refractivity contribution is 5.69. The summed E-state index contributed by atoms with van der Waals surface area (Å²) in [6, 6.07) is 4.02. The number of carbonyl (C=O) groups excluding carboxylic acids is 1. The fourth-order valence-electron chi connectivity index (χ4n) is 4.93. The number of nitrogens with zero attached hydrogens (tertiary/aromatic N) is 7. The summed E-state index contributed by atoms with van der Waals surface area (Å²) < 4.78 is 7.66. The van der Waals surface area contributed by atoms with Crippen molar-refractivity contribution in [2.24, 2.45) is 5.41 Å². The Morgan fingerprint density at radius 2 is 2.03 bits per heavy atom. The van der Waals surface area contributed by atoms with Gasteiger partial charge >= 0.3 is 6.09 Å². The van der Waals surface area contributed by atoms with Crippen molar-refractivity contribution >= 4 is 6.09 Å². The van der Waals surface area contributed by atoms with Crippen molar-refractivity contribution < 1.29 is 9.53 Å². The topological polar surface area (TPSA) is 115 Å². The van der Waals surface area contributed by atoms with Crippen molar-refractivity contribution in [3.63, 3.8) is 0 Å². The number of pyridine rings is 1. The lowest BCUT2D eigenvalue weighted by molar-refractivity contribution is -0.00762.